The molecule has 0 amide bonds. The summed E-state index contributed by atoms with van der Waals surface area (Å²) in [6, 6.07) is 2.49. The number of rotatable bonds is 3. The van der Waals surface area contributed by atoms with E-state index in [1.807, 2.05) is 0 Å². The minimum atomic E-state index is 0.302. The Balaban J connectivity index is 2.06. The zero-order valence-corrected chi connectivity index (χ0v) is 9.10. The number of hydrogen-bond acceptors (Lipinski definition) is 2. The van der Waals surface area contributed by atoms with Gasteiger partial charge >= 0.3 is 0 Å². The Bertz CT molecular complexity index is 292. The van der Waals surface area contributed by atoms with E-state index in [0.29, 0.717) is 6.04 Å². The lowest BCUT2D eigenvalue weighted by Crippen LogP contribution is -2.13. The quantitative estimate of drug-likeness (QED) is 0.788. The van der Waals surface area contributed by atoms with Crippen LogP contribution >= 0.6 is 11.3 Å². The van der Waals surface area contributed by atoms with Crippen LogP contribution in [0.15, 0.2) is 11.4 Å². The molecule has 3 atom stereocenters. The fraction of sp³-hybridized carbons (Fsp3) is 0.636. The molecule has 13 heavy (non-hydrogen) atoms. The van der Waals surface area contributed by atoms with Crippen LogP contribution in [-0.4, -0.2) is 0 Å². The number of hydrogen-bond donors (Lipinski definition) is 1. The van der Waals surface area contributed by atoms with Crippen molar-refractivity contribution in [2.24, 2.45) is 17.6 Å². The largest absolute Gasteiger partial charge is 0.324 e. The van der Waals surface area contributed by atoms with Gasteiger partial charge in [0.2, 0.25) is 0 Å². The van der Waals surface area contributed by atoms with Gasteiger partial charge in [-0.1, -0.05) is 13.3 Å². The summed E-state index contributed by atoms with van der Waals surface area (Å²) in [5, 5.41) is 2.15. The van der Waals surface area contributed by atoms with E-state index in [1.54, 1.807) is 11.3 Å². The highest BCUT2D eigenvalue weighted by Crippen LogP contribution is 2.48. The van der Waals surface area contributed by atoms with E-state index in [2.05, 4.69) is 25.3 Å². The van der Waals surface area contributed by atoms with Crippen molar-refractivity contribution in [1.29, 1.82) is 0 Å². The maximum absolute atomic E-state index is 6.22. The van der Waals surface area contributed by atoms with Crippen LogP contribution in [0.4, 0.5) is 0 Å². The van der Waals surface area contributed by atoms with Crippen LogP contribution < -0.4 is 5.73 Å². The highest BCUT2D eigenvalue weighted by atomic mass is 32.1. The highest BCUT2D eigenvalue weighted by molar-refractivity contribution is 7.10. The van der Waals surface area contributed by atoms with Crippen molar-refractivity contribution >= 4 is 11.3 Å². The standard InChI is InChI=1S/C11H17NS/c1-3-8-6-10(8)11(12)9-4-5-13-7(9)2/h4-5,8,10-11H,3,6,12H2,1-2H3/t8-,10-,11?/m1/s1. The van der Waals surface area contributed by atoms with E-state index < -0.39 is 0 Å². The first-order valence-electron chi connectivity index (χ1n) is 5.03. The van der Waals surface area contributed by atoms with Gasteiger partial charge < -0.3 is 5.73 Å². The fourth-order valence-corrected chi connectivity index (χ4v) is 2.91. The van der Waals surface area contributed by atoms with E-state index in [0.717, 1.165) is 11.8 Å². The second-order valence-electron chi connectivity index (χ2n) is 4.03. The summed E-state index contributed by atoms with van der Waals surface area (Å²) in [6.07, 6.45) is 2.63. The molecule has 1 fully saturated rings. The van der Waals surface area contributed by atoms with E-state index in [-0.39, 0.29) is 0 Å². The summed E-state index contributed by atoms with van der Waals surface area (Å²) in [5.41, 5.74) is 7.60. The SMILES string of the molecule is CC[C@@H]1C[C@H]1C(N)c1ccsc1C. The Kier molecular flexibility index (Phi) is 2.43. The summed E-state index contributed by atoms with van der Waals surface area (Å²) in [5.74, 6) is 1.66. The van der Waals surface area contributed by atoms with Crippen LogP contribution in [0.3, 0.4) is 0 Å². The normalized spacial score (nSPS) is 28.8. The summed E-state index contributed by atoms with van der Waals surface area (Å²) in [4.78, 5) is 1.40. The van der Waals surface area contributed by atoms with Gasteiger partial charge in [-0.3, -0.25) is 0 Å². The molecule has 0 aliphatic heterocycles. The van der Waals surface area contributed by atoms with Crippen LogP contribution in [0.1, 0.15) is 36.2 Å². The van der Waals surface area contributed by atoms with E-state index in [4.69, 9.17) is 5.73 Å². The van der Waals surface area contributed by atoms with E-state index >= 15 is 0 Å². The molecule has 1 aromatic rings. The predicted octanol–water partition coefficient (Wildman–Crippen LogP) is 3.10. The minimum Gasteiger partial charge on any atom is -0.324 e. The van der Waals surface area contributed by atoms with Gasteiger partial charge in [-0.15, -0.1) is 11.3 Å². The maximum Gasteiger partial charge on any atom is 0.0337 e. The van der Waals surface area contributed by atoms with Gasteiger partial charge in [0, 0.05) is 10.9 Å². The molecular weight excluding hydrogens is 178 g/mol. The van der Waals surface area contributed by atoms with Crippen LogP contribution in [0.5, 0.6) is 0 Å². The van der Waals surface area contributed by atoms with Crippen molar-refractivity contribution in [2.75, 3.05) is 0 Å². The lowest BCUT2D eigenvalue weighted by molar-refractivity contribution is 0.566. The van der Waals surface area contributed by atoms with Crippen molar-refractivity contribution < 1.29 is 0 Å². The van der Waals surface area contributed by atoms with Crippen molar-refractivity contribution in [3.05, 3.63) is 21.9 Å². The fourth-order valence-electron chi connectivity index (χ4n) is 2.15. The summed E-state index contributed by atoms with van der Waals surface area (Å²) < 4.78 is 0. The molecule has 0 bridgehead atoms. The van der Waals surface area contributed by atoms with Crippen molar-refractivity contribution in [3.63, 3.8) is 0 Å². The van der Waals surface area contributed by atoms with Crippen molar-refractivity contribution in [1.82, 2.24) is 0 Å². The van der Waals surface area contributed by atoms with Gasteiger partial charge in [0.1, 0.15) is 0 Å². The topological polar surface area (TPSA) is 26.0 Å². The molecule has 1 nitrogen and oxygen atoms in total. The lowest BCUT2D eigenvalue weighted by atomic mass is 10.0. The van der Waals surface area contributed by atoms with Gasteiger partial charge in [-0.05, 0) is 42.2 Å². The molecule has 2 rings (SSSR count). The van der Waals surface area contributed by atoms with Crippen molar-refractivity contribution in [3.8, 4) is 0 Å². The first-order chi connectivity index (χ1) is 6.24. The number of nitrogens with two attached hydrogens (primary N) is 1. The Morgan fingerprint density at radius 3 is 2.92 bits per heavy atom. The Morgan fingerprint density at radius 1 is 1.69 bits per heavy atom. The summed E-state index contributed by atoms with van der Waals surface area (Å²) >= 11 is 1.81. The zero-order valence-electron chi connectivity index (χ0n) is 8.29. The molecule has 1 unspecified atom stereocenters. The molecule has 0 aromatic carbocycles. The third kappa shape index (κ3) is 1.65. The molecular formula is C11H17NS. The summed E-state index contributed by atoms with van der Waals surface area (Å²) in [6.45, 7) is 4.43. The number of aryl methyl sites for hydroxylation is 1. The predicted molar refractivity (Wildman–Crippen MR) is 57.9 cm³/mol. The molecule has 0 radical (unpaired) electrons. The Labute approximate surface area is 84.0 Å². The molecule has 0 spiro atoms. The third-order valence-corrected chi connectivity index (χ3v) is 4.08. The molecule has 2 N–H and O–H groups in total. The third-order valence-electron chi connectivity index (χ3n) is 3.22. The minimum absolute atomic E-state index is 0.302. The smallest absolute Gasteiger partial charge is 0.0337 e. The molecule has 1 aliphatic rings. The van der Waals surface area contributed by atoms with E-state index in [1.165, 1.54) is 23.3 Å². The molecule has 0 saturated heterocycles. The molecule has 72 valence electrons. The van der Waals surface area contributed by atoms with E-state index in [9.17, 15) is 0 Å². The average Bonchev–Trinajstić information content (AvgIpc) is 2.80. The average molecular weight is 195 g/mol. The molecule has 1 saturated carbocycles. The monoisotopic (exact) mass is 195 g/mol. The summed E-state index contributed by atoms with van der Waals surface area (Å²) in [7, 11) is 0. The second-order valence-corrected chi connectivity index (χ2v) is 5.15. The van der Waals surface area contributed by atoms with Gasteiger partial charge in [-0.2, -0.15) is 0 Å². The Morgan fingerprint density at radius 2 is 2.46 bits per heavy atom. The van der Waals surface area contributed by atoms with Gasteiger partial charge in [0.15, 0.2) is 0 Å². The molecule has 1 aliphatic carbocycles. The first kappa shape index (κ1) is 9.22. The van der Waals surface area contributed by atoms with Crippen molar-refractivity contribution in [2.45, 2.75) is 32.7 Å². The highest BCUT2D eigenvalue weighted by Gasteiger charge is 2.40. The lowest BCUT2D eigenvalue weighted by Gasteiger charge is -2.10. The van der Waals surface area contributed by atoms with Gasteiger partial charge in [0.05, 0.1) is 0 Å². The van der Waals surface area contributed by atoms with Crippen LogP contribution in [0.2, 0.25) is 0 Å². The van der Waals surface area contributed by atoms with Crippen LogP contribution in [0.25, 0.3) is 0 Å². The Hall–Kier alpha value is -0.340. The number of thiophene rings is 1. The van der Waals surface area contributed by atoms with Gasteiger partial charge in [0.25, 0.3) is 0 Å². The van der Waals surface area contributed by atoms with Gasteiger partial charge in [-0.25, -0.2) is 0 Å². The zero-order chi connectivity index (χ0) is 9.42. The maximum atomic E-state index is 6.22. The van der Waals surface area contributed by atoms with Crippen LogP contribution in [-0.2, 0) is 0 Å². The molecule has 1 heterocycles. The first-order valence-corrected chi connectivity index (χ1v) is 5.91. The van der Waals surface area contributed by atoms with Crippen LogP contribution in [0, 0.1) is 18.8 Å². The molecule has 1 aromatic heterocycles. The second kappa shape index (κ2) is 3.43. The molecule has 2 heteroatoms.